The number of hydrogen-bond donors (Lipinski definition) is 1. The zero-order valence-corrected chi connectivity index (χ0v) is 14.5. The van der Waals surface area contributed by atoms with E-state index >= 15 is 0 Å². The molecule has 1 atom stereocenters. The van der Waals surface area contributed by atoms with Gasteiger partial charge in [-0.2, -0.15) is 0 Å². The van der Waals surface area contributed by atoms with Gasteiger partial charge in [0.05, 0.1) is 12.3 Å². The number of aromatic nitrogens is 1. The van der Waals surface area contributed by atoms with E-state index in [0.29, 0.717) is 12.0 Å². The Balaban J connectivity index is 2.72. The van der Waals surface area contributed by atoms with E-state index in [2.05, 4.69) is 45.0 Å². The van der Waals surface area contributed by atoms with E-state index in [-0.39, 0.29) is 0 Å². The van der Waals surface area contributed by atoms with Gasteiger partial charge < -0.3 is 15.0 Å². The third-order valence-corrected chi connectivity index (χ3v) is 4.94. The maximum Gasteiger partial charge on any atom is 0.185 e. The zero-order valence-electron chi connectivity index (χ0n) is 13.7. The number of anilines is 1. The van der Waals surface area contributed by atoms with Crippen LogP contribution in [0.2, 0.25) is 0 Å². The molecule has 5 heteroatoms. The van der Waals surface area contributed by atoms with Gasteiger partial charge in [0, 0.05) is 38.2 Å². The molecule has 1 rings (SSSR count). The van der Waals surface area contributed by atoms with Crippen LogP contribution in [0.15, 0.2) is 0 Å². The maximum absolute atomic E-state index is 5.05. The standard InChI is InChI=1S/C15H29N3OS/c1-7-13-14(10-16-8-9-19-6)20-15(17-13)18(5)12(4)11(2)3/h11-12,16H,7-10H2,1-6H3. The summed E-state index contributed by atoms with van der Waals surface area (Å²) in [5, 5.41) is 4.54. The lowest BCUT2D eigenvalue weighted by Crippen LogP contribution is -2.33. The van der Waals surface area contributed by atoms with E-state index in [1.807, 2.05) is 11.3 Å². The largest absolute Gasteiger partial charge is 0.383 e. The molecule has 116 valence electrons. The molecule has 0 radical (unpaired) electrons. The molecule has 1 aromatic heterocycles. The Morgan fingerprint density at radius 3 is 2.60 bits per heavy atom. The first kappa shape index (κ1) is 17.4. The summed E-state index contributed by atoms with van der Waals surface area (Å²) >= 11 is 1.81. The van der Waals surface area contributed by atoms with Crippen molar-refractivity contribution in [3.63, 3.8) is 0 Å². The van der Waals surface area contributed by atoms with Crippen LogP contribution in [0.3, 0.4) is 0 Å². The van der Waals surface area contributed by atoms with Gasteiger partial charge in [0.2, 0.25) is 0 Å². The predicted octanol–water partition coefficient (Wildman–Crippen LogP) is 2.92. The third kappa shape index (κ3) is 4.72. The highest BCUT2D eigenvalue weighted by atomic mass is 32.1. The molecule has 0 amide bonds. The SMILES string of the molecule is CCc1nc(N(C)C(C)C(C)C)sc1CNCCOC. The smallest absolute Gasteiger partial charge is 0.185 e. The Bertz CT molecular complexity index is 392. The van der Waals surface area contributed by atoms with Crippen molar-refractivity contribution in [1.29, 1.82) is 0 Å². The summed E-state index contributed by atoms with van der Waals surface area (Å²) in [6.45, 7) is 11.4. The Kier molecular flexibility index (Phi) is 7.48. The van der Waals surface area contributed by atoms with Gasteiger partial charge in [0.15, 0.2) is 5.13 Å². The molecule has 0 saturated carbocycles. The fourth-order valence-corrected chi connectivity index (χ4v) is 3.10. The van der Waals surface area contributed by atoms with Crippen molar-refractivity contribution in [3.8, 4) is 0 Å². The van der Waals surface area contributed by atoms with Crippen LogP contribution in [0, 0.1) is 5.92 Å². The molecular formula is C15H29N3OS. The molecule has 0 saturated heterocycles. The fraction of sp³-hybridized carbons (Fsp3) is 0.800. The summed E-state index contributed by atoms with van der Waals surface area (Å²) in [4.78, 5) is 8.45. The van der Waals surface area contributed by atoms with Gasteiger partial charge in [-0.1, -0.05) is 20.8 Å². The Labute approximate surface area is 127 Å². The van der Waals surface area contributed by atoms with Crippen molar-refractivity contribution in [1.82, 2.24) is 10.3 Å². The van der Waals surface area contributed by atoms with Crippen LogP contribution in [0.5, 0.6) is 0 Å². The van der Waals surface area contributed by atoms with E-state index in [4.69, 9.17) is 9.72 Å². The van der Waals surface area contributed by atoms with Crippen LogP contribution in [0.4, 0.5) is 5.13 Å². The molecule has 1 aromatic rings. The van der Waals surface area contributed by atoms with Gasteiger partial charge in [-0.05, 0) is 19.3 Å². The highest BCUT2D eigenvalue weighted by Gasteiger charge is 2.18. The van der Waals surface area contributed by atoms with Gasteiger partial charge >= 0.3 is 0 Å². The van der Waals surface area contributed by atoms with Crippen LogP contribution < -0.4 is 10.2 Å². The quantitative estimate of drug-likeness (QED) is 0.712. The Morgan fingerprint density at radius 2 is 2.05 bits per heavy atom. The lowest BCUT2D eigenvalue weighted by Gasteiger charge is -2.27. The summed E-state index contributed by atoms with van der Waals surface area (Å²) in [5.74, 6) is 0.622. The summed E-state index contributed by atoms with van der Waals surface area (Å²) in [6, 6.07) is 0.500. The number of methoxy groups -OCH3 is 1. The van der Waals surface area contributed by atoms with Gasteiger partial charge in [-0.3, -0.25) is 0 Å². The van der Waals surface area contributed by atoms with E-state index in [0.717, 1.165) is 31.2 Å². The lowest BCUT2D eigenvalue weighted by atomic mass is 10.1. The summed E-state index contributed by atoms with van der Waals surface area (Å²) in [7, 11) is 3.87. The average molecular weight is 299 g/mol. The molecule has 4 nitrogen and oxygen atoms in total. The van der Waals surface area contributed by atoms with Crippen molar-refractivity contribution in [2.24, 2.45) is 5.92 Å². The van der Waals surface area contributed by atoms with Crippen molar-refractivity contribution in [3.05, 3.63) is 10.6 Å². The second kappa shape index (κ2) is 8.60. The molecule has 0 fully saturated rings. The number of thiazole rings is 1. The highest BCUT2D eigenvalue weighted by Crippen LogP contribution is 2.28. The summed E-state index contributed by atoms with van der Waals surface area (Å²) in [6.07, 6.45) is 0.988. The van der Waals surface area contributed by atoms with Crippen molar-refractivity contribution >= 4 is 16.5 Å². The molecule has 20 heavy (non-hydrogen) atoms. The van der Waals surface area contributed by atoms with Crippen molar-refractivity contribution in [2.75, 3.05) is 32.2 Å². The fourth-order valence-electron chi connectivity index (χ4n) is 1.93. The van der Waals surface area contributed by atoms with Crippen molar-refractivity contribution < 1.29 is 4.74 Å². The van der Waals surface area contributed by atoms with Crippen LogP contribution in [-0.2, 0) is 17.7 Å². The molecule has 0 bridgehead atoms. The average Bonchev–Trinajstić information content (AvgIpc) is 2.85. The van der Waals surface area contributed by atoms with Gasteiger partial charge in [-0.25, -0.2) is 4.98 Å². The minimum atomic E-state index is 0.500. The minimum absolute atomic E-state index is 0.500. The first-order chi connectivity index (χ1) is 9.51. The first-order valence-electron chi connectivity index (χ1n) is 7.42. The van der Waals surface area contributed by atoms with E-state index in [1.165, 1.54) is 10.6 Å². The van der Waals surface area contributed by atoms with Crippen LogP contribution >= 0.6 is 11.3 Å². The summed E-state index contributed by atoms with van der Waals surface area (Å²) < 4.78 is 5.05. The van der Waals surface area contributed by atoms with Crippen LogP contribution in [-0.4, -0.2) is 38.3 Å². The number of ether oxygens (including phenoxy) is 1. The van der Waals surface area contributed by atoms with Crippen LogP contribution in [0.25, 0.3) is 0 Å². The third-order valence-electron chi connectivity index (χ3n) is 3.75. The van der Waals surface area contributed by atoms with Gasteiger partial charge in [0.25, 0.3) is 0 Å². The van der Waals surface area contributed by atoms with Gasteiger partial charge in [0.1, 0.15) is 0 Å². The molecule has 0 aliphatic carbocycles. The topological polar surface area (TPSA) is 37.4 Å². The van der Waals surface area contributed by atoms with Gasteiger partial charge in [-0.15, -0.1) is 11.3 Å². The number of nitrogens with zero attached hydrogens (tertiary/aromatic N) is 2. The second-order valence-corrected chi connectivity index (χ2v) is 6.55. The van der Waals surface area contributed by atoms with E-state index in [1.54, 1.807) is 7.11 Å². The van der Waals surface area contributed by atoms with Crippen LogP contribution in [0.1, 0.15) is 38.3 Å². The lowest BCUT2D eigenvalue weighted by molar-refractivity contribution is 0.199. The Morgan fingerprint density at radius 1 is 1.35 bits per heavy atom. The molecule has 1 N–H and O–H groups in total. The Hall–Kier alpha value is -0.650. The number of rotatable bonds is 9. The molecule has 0 aliphatic heterocycles. The molecule has 0 spiro atoms. The normalized spacial score (nSPS) is 12.9. The minimum Gasteiger partial charge on any atom is -0.383 e. The molecule has 0 aromatic carbocycles. The monoisotopic (exact) mass is 299 g/mol. The predicted molar refractivity (Wildman–Crippen MR) is 87.8 cm³/mol. The van der Waals surface area contributed by atoms with E-state index < -0.39 is 0 Å². The number of aryl methyl sites for hydroxylation is 1. The highest BCUT2D eigenvalue weighted by molar-refractivity contribution is 7.15. The zero-order chi connectivity index (χ0) is 15.1. The second-order valence-electron chi connectivity index (χ2n) is 5.48. The molecular weight excluding hydrogens is 270 g/mol. The number of hydrogen-bond acceptors (Lipinski definition) is 5. The molecule has 1 heterocycles. The molecule has 1 unspecified atom stereocenters. The maximum atomic E-state index is 5.05. The molecule has 0 aliphatic rings. The summed E-state index contributed by atoms with van der Waals surface area (Å²) in [5.41, 5.74) is 1.22. The van der Waals surface area contributed by atoms with Crippen molar-refractivity contribution in [2.45, 2.75) is 46.7 Å². The van der Waals surface area contributed by atoms with E-state index in [9.17, 15) is 0 Å². The number of nitrogens with one attached hydrogen (secondary N) is 1. The first-order valence-corrected chi connectivity index (χ1v) is 8.23.